The molecule has 3 aromatic rings. The zero-order valence-electron chi connectivity index (χ0n) is 13.1. The first-order valence-electron chi connectivity index (χ1n) is 7.15. The fraction of sp³-hybridized carbons (Fsp3) is 0.250. The van der Waals surface area contributed by atoms with Crippen LogP contribution in [0.5, 0.6) is 0 Å². The van der Waals surface area contributed by atoms with Gasteiger partial charge in [-0.05, 0) is 12.1 Å². The Morgan fingerprint density at radius 2 is 1.83 bits per heavy atom. The van der Waals surface area contributed by atoms with Crippen LogP contribution in [0.1, 0.15) is 37.3 Å². The van der Waals surface area contributed by atoms with Crippen molar-refractivity contribution in [2.75, 3.05) is 5.32 Å². The monoisotopic (exact) mass is 327 g/mol. The van der Waals surface area contributed by atoms with Crippen LogP contribution in [-0.2, 0) is 5.41 Å². The van der Waals surface area contributed by atoms with Gasteiger partial charge in [-0.15, -0.1) is 0 Å². The molecule has 0 aliphatic heterocycles. The van der Waals surface area contributed by atoms with E-state index in [4.69, 9.17) is 4.42 Å². The average Bonchev–Trinajstić information content (AvgIpc) is 3.15. The van der Waals surface area contributed by atoms with Gasteiger partial charge in [0, 0.05) is 35.0 Å². The second-order valence-corrected chi connectivity index (χ2v) is 6.97. The highest BCUT2D eigenvalue weighted by molar-refractivity contribution is 7.16. The van der Waals surface area contributed by atoms with Gasteiger partial charge in [-0.25, -0.2) is 19.9 Å². The summed E-state index contributed by atoms with van der Waals surface area (Å²) in [6, 6.07) is 1.77. The largest absolute Gasteiger partial charge is 0.441 e. The van der Waals surface area contributed by atoms with Crippen LogP contribution in [0.4, 0.5) is 11.1 Å². The Balaban J connectivity index is 1.68. The lowest BCUT2D eigenvalue weighted by atomic mass is 9.94. The third-order valence-electron chi connectivity index (χ3n) is 2.96. The van der Waals surface area contributed by atoms with Crippen LogP contribution in [-0.4, -0.2) is 19.9 Å². The number of nitrogens with zero attached hydrogens (tertiary/aromatic N) is 4. The third-order valence-corrected chi connectivity index (χ3v) is 3.84. The number of nitrogens with one attached hydrogen (secondary N) is 1. The number of hydrogen-bond acceptors (Lipinski definition) is 7. The molecule has 0 spiro atoms. The van der Waals surface area contributed by atoms with Gasteiger partial charge in [0.15, 0.2) is 5.13 Å². The topological polar surface area (TPSA) is 76.7 Å². The first-order valence-corrected chi connectivity index (χ1v) is 7.96. The molecule has 7 heteroatoms. The molecule has 0 radical (unpaired) electrons. The summed E-state index contributed by atoms with van der Waals surface area (Å²) >= 11 is 1.50. The molecule has 0 amide bonds. The minimum absolute atomic E-state index is 0.0453. The summed E-state index contributed by atoms with van der Waals surface area (Å²) in [5, 5.41) is 3.79. The molecular weight excluding hydrogens is 310 g/mol. The van der Waals surface area contributed by atoms with Gasteiger partial charge in [0.1, 0.15) is 5.76 Å². The van der Waals surface area contributed by atoms with Crippen molar-refractivity contribution in [1.29, 1.82) is 0 Å². The fourth-order valence-electron chi connectivity index (χ4n) is 1.75. The van der Waals surface area contributed by atoms with Gasteiger partial charge in [0.2, 0.25) is 11.8 Å². The van der Waals surface area contributed by atoms with E-state index < -0.39 is 0 Å². The molecule has 3 heterocycles. The Labute approximate surface area is 138 Å². The average molecular weight is 327 g/mol. The molecule has 0 aliphatic rings. The molecule has 118 valence electrons. The molecule has 0 fully saturated rings. The van der Waals surface area contributed by atoms with E-state index in [0.29, 0.717) is 11.8 Å². The van der Waals surface area contributed by atoms with E-state index in [-0.39, 0.29) is 5.41 Å². The number of anilines is 2. The van der Waals surface area contributed by atoms with E-state index in [2.05, 4.69) is 46.0 Å². The predicted molar refractivity (Wildman–Crippen MR) is 91.6 cm³/mol. The van der Waals surface area contributed by atoms with Crippen molar-refractivity contribution in [1.82, 2.24) is 19.9 Å². The Kier molecular flexibility index (Phi) is 4.20. The highest BCUT2D eigenvalue weighted by Crippen LogP contribution is 2.25. The minimum Gasteiger partial charge on any atom is -0.441 e. The van der Waals surface area contributed by atoms with E-state index in [1.165, 1.54) is 11.3 Å². The van der Waals surface area contributed by atoms with Crippen molar-refractivity contribution in [3.63, 3.8) is 0 Å². The summed E-state index contributed by atoms with van der Waals surface area (Å²) < 4.78 is 5.72. The molecule has 0 aliphatic carbocycles. The molecule has 0 bridgehead atoms. The van der Waals surface area contributed by atoms with Crippen molar-refractivity contribution < 1.29 is 4.42 Å². The maximum Gasteiger partial charge on any atom is 0.228 e. The smallest absolute Gasteiger partial charge is 0.228 e. The highest BCUT2D eigenvalue weighted by Gasteiger charge is 2.18. The number of thiazole rings is 1. The standard InChI is InChI=1S/C16H17N5OS/c1-16(2,3)12-10-19-13(22-12)6-5-11-9-20-15(23-11)21-14-17-7-4-8-18-14/h4-10H,1-3H3,(H,17,18,20,21). The summed E-state index contributed by atoms with van der Waals surface area (Å²) in [7, 11) is 0. The zero-order chi connectivity index (χ0) is 16.3. The number of aromatic nitrogens is 4. The van der Waals surface area contributed by atoms with Gasteiger partial charge in [0.25, 0.3) is 0 Å². The Hall–Kier alpha value is -2.54. The Morgan fingerprint density at radius 3 is 2.52 bits per heavy atom. The molecule has 0 atom stereocenters. The van der Waals surface area contributed by atoms with Gasteiger partial charge in [0.05, 0.1) is 6.20 Å². The number of oxazole rings is 1. The third kappa shape index (κ3) is 4.01. The summed E-state index contributed by atoms with van der Waals surface area (Å²) in [4.78, 5) is 17.8. The zero-order valence-corrected chi connectivity index (χ0v) is 14.0. The molecular formula is C16H17N5OS. The second kappa shape index (κ2) is 6.29. The van der Waals surface area contributed by atoms with Crippen LogP contribution in [0.15, 0.2) is 35.3 Å². The van der Waals surface area contributed by atoms with E-state index in [1.807, 2.05) is 12.2 Å². The van der Waals surface area contributed by atoms with Crippen LogP contribution in [0.2, 0.25) is 0 Å². The van der Waals surface area contributed by atoms with Crippen LogP contribution < -0.4 is 5.32 Å². The Bertz CT molecular complexity index is 801. The molecule has 3 rings (SSSR count). The lowest BCUT2D eigenvalue weighted by Crippen LogP contribution is -2.09. The second-order valence-electron chi connectivity index (χ2n) is 5.91. The first-order chi connectivity index (χ1) is 11.0. The fourth-order valence-corrected chi connectivity index (χ4v) is 2.46. The maximum absolute atomic E-state index is 5.72. The van der Waals surface area contributed by atoms with Crippen molar-refractivity contribution in [3.05, 3.63) is 47.4 Å². The van der Waals surface area contributed by atoms with Gasteiger partial charge in [-0.2, -0.15) is 0 Å². The first kappa shape index (κ1) is 15.4. The normalized spacial score (nSPS) is 12.0. The lowest BCUT2D eigenvalue weighted by Gasteiger charge is -2.12. The molecule has 0 aromatic carbocycles. The van der Waals surface area contributed by atoms with E-state index in [9.17, 15) is 0 Å². The van der Waals surface area contributed by atoms with Crippen LogP contribution in [0.25, 0.3) is 12.2 Å². The predicted octanol–water partition coefficient (Wildman–Crippen LogP) is 4.13. The highest BCUT2D eigenvalue weighted by atomic mass is 32.1. The van der Waals surface area contributed by atoms with E-state index in [0.717, 1.165) is 15.8 Å². The van der Waals surface area contributed by atoms with Gasteiger partial charge >= 0.3 is 0 Å². The number of rotatable bonds is 4. The van der Waals surface area contributed by atoms with Crippen molar-refractivity contribution in [2.24, 2.45) is 0 Å². The van der Waals surface area contributed by atoms with Crippen LogP contribution >= 0.6 is 11.3 Å². The molecule has 0 unspecified atom stereocenters. The van der Waals surface area contributed by atoms with E-state index >= 15 is 0 Å². The van der Waals surface area contributed by atoms with Gasteiger partial charge < -0.3 is 9.73 Å². The quantitative estimate of drug-likeness (QED) is 0.776. The van der Waals surface area contributed by atoms with Gasteiger partial charge in [-0.1, -0.05) is 32.1 Å². The summed E-state index contributed by atoms with van der Waals surface area (Å²) in [6.45, 7) is 6.27. The molecule has 1 N–H and O–H groups in total. The summed E-state index contributed by atoms with van der Waals surface area (Å²) in [6.07, 6.45) is 10.7. The summed E-state index contributed by atoms with van der Waals surface area (Å²) in [5.41, 5.74) is -0.0453. The molecule has 23 heavy (non-hydrogen) atoms. The van der Waals surface area contributed by atoms with Crippen molar-refractivity contribution >= 4 is 34.6 Å². The van der Waals surface area contributed by atoms with Crippen molar-refractivity contribution in [2.45, 2.75) is 26.2 Å². The molecule has 0 saturated carbocycles. The lowest BCUT2D eigenvalue weighted by molar-refractivity contribution is 0.403. The number of hydrogen-bond donors (Lipinski definition) is 1. The minimum atomic E-state index is -0.0453. The van der Waals surface area contributed by atoms with Crippen LogP contribution in [0, 0.1) is 0 Å². The molecule has 6 nitrogen and oxygen atoms in total. The summed E-state index contributed by atoms with van der Waals surface area (Å²) in [5.74, 6) is 1.98. The van der Waals surface area contributed by atoms with Crippen LogP contribution in [0.3, 0.4) is 0 Å². The Morgan fingerprint density at radius 1 is 1.04 bits per heavy atom. The molecule has 3 aromatic heterocycles. The molecule has 0 saturated heterocycles. The van der Waals surface area contributed by atoms with Crippen molar-refractivity contribution in [3.8, 4) is 0 Å². The van der Waals surface area contributed by atoms with E-state index in [1.54, 1.807) is 30.9 Å². The van der Waals surface area contributed by atoms with Gasteiger partial charge in [-0.3, -0.25) is 0 Å². The maximum atomic E-state index is 5.72. The SMILES string of the molecule is CC(C)(C)c1cnc(C=Cc2cnc(Nc3ncccn3)s2)o1.